The predicted molar refractivity (Wildman–Crippen MR) is 136 cm³/mol. The number of carboxylic acid groups (broad SMARTS) is 1. The number of phenols is 1. The molecule has 0 radical (unpaired) electrons. The highest BCUT2D eigenvalue weighted by molar-refractivity contribution is 5.77. The maximum absolute atomic E-state index is 13.2. The monoisotopic (exact) mass is 486 g/mol. The smallest absolute Gasteiger partial charge is 0.505 e. The van der Waals surface area contributed by atoms with Gasteiger partial charge in [0.15, 0.2) is 11.4 Å². The van der Waals surface area contributed by atoms with Crippen LogP contribution in [0, 0.1) is 13.8 Å². The number of hydrogen-bond acceptors (Lipinski definition) is 6. The summed E-state index contributed by atoms with van der Waals surface area (Å²) in [6, 6.07) is 17.0. The first-order valence-corrected chi connectivity index (χ1v) is 11.4. The van der Waals surface area contributed by atoms with E-state index in [2.05, 4.69) is 15.3 Å². The van der Waals surface area contributed by atoms with Gasteiger partial charge in [-0.3, -0.25) is 9.89 Å². The van der Waals surface area contributed by atoms with Crippen LogP contribution in [0.15, 0.2) is 75.7 Å². The predicted octanol–water partition coefficient (Wildman–Crippen LogP) is 6.58. The van der Waals surface area contributed by atoms with Gasteiger partial charge in [-0.15, -0.1) is 10.2 Å². The molecule has 0 aliphatic carbocycles. The van der Waals surface area contributed by atoms with Crippen molar-refractivity contribution in [3.63, 3.8) is 0 Å². The molecule has 3 aromatic carbocycles. The third kappa shape index (κ3) is 5.05. The number of para-hydroxylation sites is 1. The van der Waals surface area contributed by atoms with Crippen molar-refractivity contribution in [2.45, 2.75) is 33.6 Å². The summed E-state index contributed by atoms with van der Waals surface area (Å²) in [7, 11) is 0. The average Bonchev–Trinajstić information content (AvgIpc) is 3.15. The fourth-order valence-corrected chi connectivity index (χ4v) is 3.82. The maximum Gasteiger partial charge on any atom is 0.511 e. The van der Waals surface area contributed by atoms with E-state index in [-0.39, 0.29) is 28.4 Å². The molecule has 0 bridgehead atoms. The minimum absolute atomic E-state index is 0.120. The van der Waals surface area contributed by atoms with Crippen LogP contribution >= 0.6 is 0 Å². The van der Waals surface area contributed by atoms with Crippen LogP contribution in [-0.4, -0.2) is 26.1 Å². The van der Waals surface area contributed by atoms with Gasteiger partial charge < -0.3 is 14.9 Å². The number of hydrogen-bond donors (Lipinski definition) is 3. The van der Waals surface area contributed by atoms with Gasteiger partial charge in [0.1, 0.15) is 11.4 Å². The molecule has 3 N–H and O–H groups in total. The van der Waals surface area contributed by atoms with Gasteiger partial charge in [-0.05, 0) is 67.3 Å². The summed E-state index contributed by atoms with van der Waals surface area (Å²) < 4.78 is 6.16. The maximum atomic E-state index is 13.2. The lowest BCUT2D eigenvalue weighted by Gasteiger charge is -2.08. The lowest BCUT2D eigenvalue weighted by Crippen LogP contribution is -2.14. The molecule has 9 heteroatoms. The summed E-state index contributed by atoms with van der Waals surface area (Å²) in [5.74, 6) is -0.0364. The molecule has 184 valence electrons. The summed E-state index contributed by atoms with van der Waals surface area (Å²) in [4.78, 5) is 24.1. The van der Waals surface area contributed by atoms with E-state index in [4.69, 9.17) is 9.84 Å². The normalized spacial score (nSPS) is 11.2. The molecule has 9 nitrogen and oxygen atoms in total. The summed E-state index contributed by atoms with van der Waals surface area (Å²) in [6.45, 7) is 6.00. The third-order valence-electron chi connectivity index (χ3n) is 5.81. The highest BCUT2D eigenvalue weighted by Crippen LogP contribution is 2.38. The van der Waals surface area contributed by atoms with Crippen LogP contribution in [0.3, 0.4) is 0 Å². The van der Waals surface area contributed by atoms with E-state index in [1.54, 1.807) is 30.3 Å². The van der Waals surface area contributed by atoms with Gasteiger partial charge in [-0.25, -0.2) is 9.48 Å². The van der Waals surface area contributed by atoms with Crippen LogP contribution in [-0.2, 0) is 6.42 Å². The Morgan fingerprint density at radius 3 is 2.53 bits per heavy atom. The van der Waals surface area contributed by atoms with Gasteiger partial charge in [-0.1, -0.05) is 43.7 Å². The molecule has 0 saturated carbocycles. The number of aromatic hydroxyl groups is 1. The quantitative estimate of drug-likeness (QED) is 0.154. The van der Waals surface area contributed by atoms with Gasteiger partial charge >= 0.3 is 6.16 Å². The number of aromatic amines is 1. The van der Waals surface area contributed by atoms with Crippen LogP contribution in [0.5, 0.6) is 11.5 Å². The van der Waals surface area contributed by atoms with Crippen LogP contribution in [0.4, 0.5) is 16.2 Å². The van der Waals surface area contributed by atoms with E-state index < -0.39 is 6.16 Å². The Morgan fingerprint density at radius 2 is 1.81 bits per heavy atom. The van der Waals surface area contributed by atoms with E-state index in [1.165, 1.54) is 16.8 Å². The van der Waals surface area contributed by atoms with Gasteiger partial charge in [0.25, 0.3) is 5.56 Å². The molecule has 0 spiro atoms. The zero-order valence-corrected chi connectivity index (χ0v) is 20.1. The molecule has 0 fully saturated rings. The first-order chi connectivity index (χ1) is 17.3. The highest BCUT2D eigenvalue weighted by atomic mass is 16.7. The van der Waals surface area contributed by atoms with Crippen molar-refractivity contribution < 1.29 is 19.7 Å². The zero-order chi connectivity index (χ0) is 25.8. The molecule has 4 aromatic rings. The lowest BCUT2D eigenvalue weighted by atomic mass is 10.0. The molecular weight excluding hydrogens is 460 g/mol. The summed E-state index contributed by atoms with van der Waals surface area (Å²) in [5, 5.41) is 31.3. The molecular formula is C27H26N4O5. The van der Waals surface area contributed by atoms with Crippen molar-refractivity contribution in [1.29, 1.82) is 0 Å². The van der Waals surface area contributed by atoms with Crippen molar-refractivity contribution in [3.05, 3.63) is 87.8 Å². The van der Waals surface area contributed by atoms with E-state index in [0.29, 0.717) is 28.9 Å². The Labute approximate surface area is 207 Å². The van der Waals surface area contributed by atoms with E-state index in [9.17, 15) is 14.7 Å². The molecule has 0 saturated heterocycles. The number of rotatable bonds is 7. The molecule has 0 aliphatic rings. The van der Waals surface area contributed by atoms with E-state index in [1.807, 2.05) is 39.0 Å². The Kier molecular flexibility index (Phi) is 7.00. The average molecular weight is 487 g/mol. The Balaban J connectivity index is 1.72. The highest BCUT2D eigenvalue weighted by Gasteiger charge is 2.16. The second-order valence-electron chi connectivity index (χ2n) is 8.37. The van der Waals surface area contributed by atoms with E-state index in [0.717, 1.165) is 17.5 Å². The summed E-state index contributed by atoms with van der Waals surface area (Å²) >= 11 is 0. The van der Waals surface area contributed by atoms with Gasteiger partial charge in [0.2, 0.25) is 0 Å². The van der Waals surface area contributed by atoms with Crippen molar-refractivity contribution >= 4 is 17.5 Å². The fourth-order valence-electron chi connectivity index (χ4n) is 3.82. The lowest BCUT2D eigenvalue weighted by molar-refractivity contribution is 0.144. The van der Waals surface area contributed by atoms with Crippen LogP contribution in [0.1, 0.15) is 30.2 Å². The van der Waals surface area contributed by atoms with Crippen molar-refractivity contribution in [2.24, 2.45) is 10.2 Å². The van der Waals surface area contributed by atoms with E-state index >= 15 is 0 Å². The SMILES string of the molecule is CCCc1[nH]n(-c2ccc(C)c(C)c2)c(=O)c1N=Nc1cccc(-c2cccc(OC(=O)O)c2)c1O. The summed E-state index contributed by atoms with van der Waals surface area (Å²) in [6.07, 6.45) is -0.0332. The Bertz CT molecular complexity index is 1520. The standard InChI is InChI=1S/C27H26N4O5/c1-4-7-22-24(26(33)31(30-22)19-13-12-16(2)17(3)14-19)29-28-23-11-6-10-21(25(23)32)18-8-5-9-20(15-18)36-27(34)35/h5-6,8-15,30,32H,4,7H2,1-3H3,(H,34,35). The number of H-pyrrole nitrogens is 1. The van der Waals surface area contributed by atoms with Crippen LogP contribution in [0.2, 0.25) is 0 Å². The second-order valence-corrected chi connectivity index (χ2v) is 8.37. The van der Waals surface area contributed by atoms with Gasteiger partial charge in [0.05, 0.1) is 11.4 Å². The first kappa shape index (κ1) is 24.5. The van der Waals surface area contributed by atoms with Gasteiger partial charge in [-0.2, -0.15) is 0 Å². The first-order valence-electron chi connectivity index (χ1n) is 11.4. The van der Waals surface area contributed by atoms with Gasteiger partial charge in [0, 0.05) is 5.56 Å². The fraction of sp³-hybridized carbons (Fsp3) is 0.185. The molecule has 4 rings (SSSR count). The minimum Gasteiger partial charge on any atom is -0.505 e. The molecule has 0 atom stereocenters. The molecule has 1 heterocycles. The largest absolute Gasteiger partial charge is 0.511 e. The number of ether oxygens (including phenoxy) is 1. The molecule has 0 aliphatic heterocycles. The second kappa shape index (κ2) is 10.3. The number of carbonyl (C=O) groups is 1. The number of nitrogens with one attached hydrogen (secondary N) is 1. The molecule has 36 heavy (non-hydrogen) atoms. The zero-order valence-electron chi connectivity index (χ0n) is 20.1. The molecule has 0 unspecified atom stereocenters. The number of aryl methyl sites for hydroxylation is 3. The van der Waals surface area contributed by atoms with Crippen molar-refractivity contribution in [1.82, 2.24) is 9.78 Å². The Hall–Kier alpha value is -4.66. The minimum atomic E-state index is -1.43. The van der Waals surface area contributed by atoms with Crippen LogP contribution in [0.25, 0.3) is 16.8 Å². The number of azo groups is 1. The third-order valence-corrected chi connectivity index (χ3v) is 5.81. The number of aromatic nitrogens is 2. The molecule has 1 aromatic heterocycles. The van der Waals surface area contributed by atoms with Crippen LogP contribution < -0.4 is 10.3 Å². The number of benzene rings is 3. The van der Waals surface area contributed by atoms with Crippen molar-refractivity contribution in [3.8, 4) is 28.3 Å². The topological polar surface area (TPSA) is 129 Å². The molecule has 0 amide bonds. The summed E-state index contributed by atoms with van der Waals surface area (Å²) in [5.41, 5.74) is 4.51. The Morgan fingerprint density at radius 1 is 1.03 bits per heavy atom. The van der Waals surface area contributed by atoms with Crippen molar-refractivity contribution in [2.75, 3.05) is 0 Å². The number of phenolic OH excluding ortho intramolecular Hbond substituents is 1. The number of nitrogens with zero attached hydrogens (tertiary/aromatic N) is 3.